The van der Waals surface area contributed by atoms with Crippen molar-refractivity contribution in [2.75, 3.05) is 11.9 Å². The Labute approximate surface area is 154 Å². The van der Waals surface area contributed by atoms with E-state index < -0.39 is 35.9 Å². The number of amides is 1. The predicted molar refractivity (Wildman–Crippen MR) is 92.1 cm³/mol. The number of benzene rings is 2. The minimum Gasteiger partial charge on any atom is -0.451 e. The van der Waals surface area contributed by atoms with Crippen LogP contribution >= 0.6 is 22.9 Å². The van der Waals surface area contributed by atoms with Crippen LogP contribution in [0.25, 0.3) is 10.1 Å². The second-order valence-corrected chi connectivity index (χ2v) is 6.56. The molecular formula is C17H9ClF3NO3S. The molecule has 0 saturated heterocycles. The molecule has 0 fully saturated rings. The van der Waals surface area contributed by atoms with Gasteiger partial charge in [0.05, 0.1) is 10.7 Å². The Morgan fingerprint density at radius 1 is 1.08 bits per heavy atom. The highest BCUT2D eigenvalue weighted by Gasteiger charge is 2.20. The molecular weight excluding hydrogens is 391 g/mol. The van der Waals surface area contributed by atoms with Crippen molar-refractivity contribution in [3.63, 3.8) is 0 Å². The number of fused-ring (bicyclic) bond motifs is 1. The minimum absolute atomic E-state index is 0.0213. The van der Waals surface area contributed by atoms with Gasteiger partial charge in [-0.1, -0.05) is 11.6 Å². The molecule has 1 heterocycles. The molecule has 0 radical (unpaired) electrons. The Morgan fingerprint density at radius 3 is 2.50 bits per heavy atom. The molecule has 0 aliphatic heterocycles. The van der Waals surface area contributed by atoms with Gasteiger partial charge in [0.25, 0.3) is 5.91 Å². The quantitative estimate of drug-likeness (QED) is 0.643. The molecule has 3 rings (SSSR count). The Balaban J connectivity index is 1.67. The summed E-state index contributed by atoms with van der Waals surface area (Å²) in [6, 6.07) is 6.50. The van der Waals surface area contributed by atoms with E-state index in [-0.39, 0.29) is 15.6 Å². The van der Waals surface area contributed by atoms with Crippen molar-refractivity contribution < 1.29 is 27.5 Å². The molecule has 134 valence electrons. The van der Waals surface area contributed by atoms with Gasteiger partial charge in [-0.2, -0.15) is 0 Å². The van der Waals surface area contributed by atoms with Crippen LogP contribution in [0.15, 0.2) is 36.4 Å². The summed E-state index contributed by atoms with van der Waals surface area (Å²) in [5.74, 6) is -3.91. The number of nitrogens with one attached hydrogen (secondary N) is 1. The molecule has 1 aromatic heterocycles. The maximum atomic E-state index is 13.5. The minimum atomic E-state index is -0.959. The first kappa shape index (κ1) is 18.2. The first-order valence-corrected chi connectivity index (χ1v) is 8.34. The first-order chi connectivity index (χ1) is 12.3. The summed E-state index contributed by atoms with van der Waals surface area (Å²) in [7, 11) is 0. The van der Waals surface area contributed by atoms with Crippen LogP contribution in [0.1, 0.15) is 9.67 Å². The molecule has 0 spiro atoms. The Bertz CT molecular complexity index is 1020. The van der Waals surface area contributed by atoms with Gasteiger partial charge in [0.2, 0.25) is 0 Å². The number of hydrogen-bond acceptors (Lipinski definition) is 4. The lowest BCUT2D eigenvalue weighted by molar-refractivity contribution is -0.119. The largest absolute Gasteiger partial charge is 0.451 e. The van der Waals surface area contributed by atoms with Gasteiger partial charge >= 0.3 is 5.97 Å². The molecule has 0 saturated carbocycles. The zero-order chi connectivity index (χ0) is 18.8. The maximum Gasteiger partial charge on any atom is 0.350 e. The van der Waals surface area contributed by atoms with Gasteiger partial charge in [-0.3, -0.25) is 4.79 Å². The van der Waals surface area contributed by atoms with E-state index >= 15 is 0 Å². The third kappa shape index (κ3) is 3.81. The summed E-state index contributed by atoms with van der Waals surface area (Å²) >= 11 is 7.01. The van der Waals surface area contributed by atoms with Crippen molar-refractivity contribution in [1.29, 1.82) is 0 Å². The van der Waals surface area contributed by atoms with Crippen LogP contribution in [0.5, 0.6) is 0 Å². The van der Waals surface area contributed by atoms with Gasteiger partial charge in [-0.05, 0) is 30.3 Å². The van der Waals surface area contributed by atoms with Crippen LogP contribution in [0.3, 0.4) is 0 Å². The third-order valence-corrected chi connectivity index (χ3v) is 4.95. The summed E-state index contributed by atoms with van der Waals surface area (Å²) in [6.07, 6.45) is 0. The zero-order valence-electron chi connectivity index (χ0n) is 12.8. The SMILES string of the molecule is O=C(COC(=O)c1sc2cc(F)ccc2c1Cl)Nc1ccc(F)cc1F. The summed E-state index contributed by atoms with van der Waals surface area (Å²) in [5.41, 5.74) is -0.247. The normalized spacial score (nSPS) is 10.8. The van der Waals surface area contributed by atoms with Crippen molar-refractivity contribution in [2.24, 2.45) is 0 Å². The lowest BCUT2D eigenvalue weighted by Crippen LogP contribution is -2.21. The highest BCUT2D eigenvalue weighted by molar-refractivity contribution is 7.21. The third-order valence-electron chi connectivity index (χ3n) is 3.32. The average Bonchev–Trinajstić information content (AvgIpc) is 2.91. The predicted octanol–water partition coefficient (Wildman–Crippen LogP) is 4.77. The number of carbonyl (C=O) groups excluding carboxylic acids is 2. The summed E-state index contributed by atoms with van der Waals surface area (Å²) in [6.45, 7) is -0.700. The smallest absolute Gasteiger partial charge is 0.350 e. The van der Waals surface area contributed by atoms with E-state index in [0.29, 0.717) is 16.2 Å². The number of halogens is 4. The van der Waals surface area contributed by atoms with E-state index in [2.05, 4.69) is 5.32 Å². The number of anilines is 1. The van der Waals surface area contributed by atoms with Crippen molar-refractivity contribution >= 4 is 50.6 Å². The van der Waals surface area contributed by atoms with Gasteiger partial charge in [0.1, 0.15) is 22.3 Å². The molecule has 0 aliphatic rings. The van der Waals surface area contributed by atoms with Gasteiger partial charge < -0.3 is 10.1 Å². The number of rotatable bonds is 4. The highest BCUT2D eigenvalue weighted by Crippen LogP contribution is 2.36. The van der Waals surface area contributed by atoms with E-state index in [9.17, 15) is 22.8 Å². The van der Waals surface area contributed by atoms with Crippen molar-refractivity contribution in [2.45, 2.75) is 0 Å². The van der Waals surface area contributed by atoms with Crippen LogP contribution < -0.4 is 5.32 Å². The molecule has 26 heavy (non-hydrogen) atoms. The van der Waals surface area contributed by atoms with Crippen molar-refractivity contribution in [3.8, 4) is 0 Å². The van der Waals surface area contributed by atoms with Crippen molar-refractivity contribution in [3.05, 3.63) is 63.7 Å². The van der Waals surface area contributed by atoms with E-state index in [1.807, 2.05) is 0 Å². The van der Waals surface area contributed by atoms with Crippen LogP contribution in [0, 0.1) is 17.5 Å². The molecule has 4 nitrogen and oxygen atoms in total. The number of thiophene rings is 1. The highest BCUT2D eigenvalue weighted by atomic mass is 35.5. The maximum absolute atomic E-state index is 13.5. The molecule has 2 aromatic carbocycles. The molecule has 0 bridgehead atoms. The van der Waals surface area contributed by atoms with E-state index in [4.69, 9.17) is 16.3 Å². The van der Waals surface area contributed by atoms with Crippen LogP contribution in [0.4, 0.5) is 18.9 Å². The topological polar surface area (TPSA) is 55.4 Å². The van der Waals surface area contributed by atoms with Gasteiger partial charge in [-0.25, -0.2) is 18.0 Å². The average molecular weight is 400 g/mol. The van der Waals surface area contributed by atoms with Gasteiger partial charge in [0, 0.05) is 16.2 Å². The van der Waals surface area contributed by atoms with Crippen molar-refractivity contribution in [1.82, 2.24) is 0 Å². The molecule has 9 heteroatoms. The molecule has 0 unspecified atom stereocenters. The lowest BCUT2D eigenvalue weighted by atomic mass is 10.2. The fourth-order valence-electron chi connectivity index (χ4n) is 2.14. The fourth-order valence-corrected chi connectivity index (χ4v) is 3.57. The number of ether oxygens (including phenoxy) is 1. The van der Waals surface area contributed by atoms with Crippen LogP contribution in [-0.4, -0.2) is 18.5 Å². The summed E-state index contributed by atoms with van der Waals surface area (Å²) < 4.78 is 44.8. The summed E-state index contributed by atoms with van der Waals surface area (Å²) in [5, 5.41) is 2.74. The van der Waals surface area contributed by atoms with E-state index in [1.165, 1.54) is 18.2 Å². The number of hydrogen-bond donors (Lipinski definition) is 1. The zero-order valence-corrected chi connectivity index (χ0v) is 14.4. The summed E-state index contributed by atoms with van der Waals surface area (Å²) in [4.78, 5) is 23.9. The number of esters is 1. The van der Waals surface area contributed by atoms with Gasteiger partial charge in [-0.15, -0.1) is 11.3 Å². The Kier molecular flexibility index (Phi) is 5.15. The van der Waals surface area contributed by atoms with Crippen LogP contribution in [-0.2, 0) is 9.53 Å². The standard InChI is InChI=1S/C17H9ClF3NO3S/c18-15-10-3-1-9(20)6-13(10)26-16(15)17(24)25-7-14(23)22-12-4-2-8(19)5-11(12)21/h1-6H,7H2,(H,22,23). The fraction of sp³-hybridized carbons (Fsp3) is 0.0588. The Morgan fingerprint density at radius 2 is 1.77 bits per heavy atom. The number of carbonyl (C=O) groups is 2. The van der Waals surface area contributed by atoms with Crippen LogP contribution in [0.2, 0.25) is 5.02 Å². The molecule has 0 aliphatic carbocycles. The van der Waals surface area contributed by atoms with E-state index in [1.54, 1.807) is 0 Å². The molecule has 0 atom stereocenters. The lowest BCUT2D eigenvalue weighted by Gasteiger charge is -2.07. The second kappa shape index (κ2) is 7.35. The molecule has 3 aromatic rings. The Hall–Kier alpha value is -2.58. The molecule has 1 amide bonds. The first-order valence-electron chi connectivity index (χ1n) is 7.14. The molecule has 1 N–H and O–H groups in total. The van der Waals surface area contributed by atoms with Gasteiger partial charge in [0.15, 0.2) is 6.61 Å². The monoisotopic (exact) mass is 399 g/mol. The van der Waals surface area contributed by atoms with E-state index in [0.717, 1.165) is 23.5 Å². The second-order valence-electron chi connectivity index (χ2n) is 5.13.